The van der Waals surface area contributed by atoms with E-state index in [0.717, 1.165) is 30.9 Å². The van der Waals surface area contributed by atoms with Crippen LogP contribution in [0.3, 0.4) is 0 Å². The number of carbonyl (C=O) groups is 2. The summed E-state index contributed by atoms with van der Waals surface area (Å²) in [7, 11) is 1.66. The van der Waals surface area contributed by atoms with Crippen molar-refractivity contribution in [1.82, 2.24) is 9.80 Å². The van der Waals surface area contributed by atoms with E-state index in [1.54, 1.807) is 24.1 Å². The highest BCUT2D eigenvalue weighted by atomic mass is 16.5. The van der Waals surface area contributed by atoms with Gasteiger partial charge in [-0.2, -0.15) is 0 Å². The highest BCUT2D eigenvalue weighted by Gasteiger charge is 2.38. The van der Waals surface area contributed by atoms with Gasteiger partial charge in [0.2, 0.25) is 5.91 Å². The van der Waals surface area contributed by atoms with Gasteiger partial charge in [0.15, 0.2) is 5.76 Å². The molecule has 0 aliphatic carbocycles. The fraction of sp³-hybridized carbons (Fsp3) is 0.429. The van der Waals surface area contributed by atoms with Crippen molar-refractivity contribution in [3.63, 3.8) is 0 Å². The van der Waals surface area contributed by atoms with E-state index in [1.807, 2.05) is 29.2 Å². The van der Waals surface area contributed by atoms with Crippen LogP contribution in [0.5, 0.6) is 5.75 Å². The molecule has 0 saturated carbocycles. The first-order chi connectivity index (χ1) is 13.7. The molecule has 2 amide bonds. The summed E-state index contributed by atoms with van der Waals surface area (Å²) in [5, 5.41) is 0. The minimum atomic E-state index is -0.384. The monoisotopic (exact) mass is 383 g/mol. The Labute approximate surface area is 164 Å². The molecule has 7 nitrogen and oxygen atoms in total. The lowest BCUT2D eigenvalue weighted by atomic mass is 10.1. The highest BCUT2D eigenvalue weighted by molar-refractivity contribution is 5.96. The van der Waals surface area contributed by atoms with E-state index in [2.05, 4.69) is 4.90 Å². The van der Waals surface area contributed by atoms with E-state index >= 15 is 0 Å². The predicted molar refractivity (Wildman–Crippen MR) is 105 cm³/mol. The number of methoxy groups -OCH3 is 1. The average Bonchev–Trinajstić information content (AvgIpc) is 3.45. The minimum Gasteiger partial charge on any atom is -0.497 e. The molecule has 1 aromatic heterocycles. The molecule has 1 atom stereocenters. The number of ether oxygens (including phenoxy) is 1. The lowest BCUT2D eigenvalue weighted by Gasteiger charge is -2.38. The molecular formula is C21H25N3O4. The summed E-state index contributed by atoms with van der Waals surface area (Å²) in [5.41, 5.74) is 1.13. The number of hydrogen-bond acceptors (Lipinski definition) is 5. The topological polar surface area (TPSA) is 66.2 Å². The summed E-state index contributed by atoms with van der Waals surface area (Å²) in [6.07, 6.45) is 3.04. The molecule has 7 heteroatoms. The molecule has 0 radical (unpaired) electrons. The molecule has 2 aromatic rings. The van der Waals surface area contributed by atoms with Crippen LogP contribution in [0.2, 0.25) is 0 Å². The van der Waals surface area contributed by atoms with Crippen molar-refractivity contribution in [2.24, 2.45) is 0 Å². The van der Waals surface area contributed by atoms with Crippen LogP contribution in [0.15, 0.2) is 47.1 Å². The van der Waals surface area contributed by atoms with E-state index in [-0.39, 0.29) is 17.9 Å². The summed E-state index contributed by atoms with van der Waals surface area (Å²) < 4.78 is 10.4. The van der Waals surface area contributed by atoms with Gasteiger partial charge >= 0.3 is 0 Å². The van der Waals surface area contributed by atoms with Crippen LogP contribution < -0.4 is 9.64 Å². The normalized spacial score (nSPS) is 19.8. The molecule has 0 spiro atoms. The van der Waals surface area contributed by atoms with Crippen LogP contribution in [0.4, 0.5) is 5.69 Å². The quantitative estimate of drug-likeness (QED) is 0.810. The van der Waals surface area contributed by atoms with Crippen molar-refractivity contribution in [1.29, 1.82) is 0 Å². The smallest absolute Gasteiger partial charge is 0.290 e. The van der Waals surface area contributed by atoms with Gasteiger partial charge in [-0.05, 0) is 49.2 Å². The molecule has 2 aliphatic heterocycles. The average molecular weight is 383 g/mol. The number of carbonyl (C=O) groups excluding carboxylic acids is 2. The second-order valence-corrected chi connectivity index (χ2v) is 7.14. The number of rotatable bonds is 4. The van der Waals surface area contributed by atoms with Gasteiger partial charge in [-0.3, -0.25) is 9.59 Å². The fourth-order valence-corrected chi connectivity index (χ4v) is 4.00. The summed E-state index contributed by atoms with van der Waals surface area (Å²) in [4.78, 5) is 31.5. The van der Waals surface area contributed by atoms with E-state index in [9.17, 15) is 9.59 Å². The first-order valence-electron chi connectivity index (χ1n) is 9.69. The molecule has 1 aromatic carbocycles. The minimum absolute atomic E-state index is 0.0480. The van der Waals surface area contributed by atoms with Crippen LogP contribution in [0.1, 0.15) is 23.4 Å². The van der Waals surface area contributed by atoms with Crippen molar-refractivity contribution in [3.05, 3.63) is 48.4 Å². The Morgan fingerprint density at radius 2 is 1.79 bits per heavy atom. The number of hydrogen-bond donors (Lipinski definition) is 0. The van der Waals surface area contributed by atoms with Crippen molar-refractivity contribution in [2.75, 3.05) is 44.7 Å². The summed E-state index contributed by atoms with van der Waals surface area (Å²) in [6, 6.07) is 10.9. The molecule has 2 saturated heterocycles. The van der Waals surface area contributed by atoms with Gasteiger partial charge in [0.25, 0.3) is 5.91 Å². The Morgan fingerprint density at radius 3 is 2.43 bits per heavy atom. The number of likely N-dealkylation sites (tertiary alicyclic amines) is 1. The molecule has 2 fully saturated rings. The zero-order chi connectivity index (χ0) is 19.5. The molecule has 1 unspecified atom stereocenters. The maximum atomic E-state index is 13.1. The molecule has 0 N–H and O–H groups in total. The summed E-state index contributed by atoms with van der Waals surface area (Å²) in [5.74, 6) is 0.980. The van der Waals surface area contributed by atoms with Crippen LogP contribution in [0.25, 0.3) is 0 Å². The third-order valence-corrected chi connectivity index (χ3v) is 5.56. The van der Waals surface area contributed by atoms with Gasteiger partial charge in [-0.25, -0.2) is 0 Å². The van der Waals surface area contributed by atoms with E-state index in [4.69, 9.17) is 9.15 Å². The fourth-order valence-electron chi connectivity index (χ4n) is 4.00. The van der Waals surface area contributed by atoms with Gasteiger partial charge in [0, 0.05) is 38.4 Å². The van der Waals surface area contributed by atoms with Crippen LogP contribution in [-0.4, -0.2) is 67.5 Å². The number of amides is 2. The standard InChI is InChI=1S/C21H25N3O4/c1-27-17-8-6-16(7-9-17)22-11-13-23(14-12-22)20(25)18-4-2-10-24(18)21(26)19-5-3-15-28-19/h3,5-9,15,18H,2,4,10-14H2,1H3. The zero-order valence-corrected chi connectivity index (χ0v) is 16.0. The Morgan fingerprint density at radius 1 is 1.04 bits per heavy atom. The molecule has 2 aliphatic rings. The molecule has 3 heterocycles. The van der Waals surface area contributed by atoms with Crippen LogP contribution in [0, 0.1) is 0 Å². The number of benzene rings is 1. The second kappa shape index (κ2) is 7.96. The molecule has 4 rings (SSSR count). The number of nitrogens with zero attached hydrogens (tertiary/aromatic N) is 3. The van der Waals surface area contributed by atoms with Crippen molar-refractivity contribution in [3.8, 4) is 5.75 Å². The second-order valence-electron chi connectivity index (χ2n) is 7.14. The van der Waals surface area contributed by atoms with Crippen LogP contribution in [-0.2, 0) is 4.79 Å². The lowest BCUT2D eigenvalue weighted by Crippen LogP contribution is -2.54. The Hall–Kier alpha value is -2.96. The van der Waals surface area contributed by atoms with Crippen LogP contribution >= 0.6 is 0 Å². The maximum absolute atomic E-state index is 13.1. The van der Waals surface area contributed by atoms with Gasteiger partial charge in [0.05, 0.1) is 13.4 Å². The Bertz CT molecular complexity index is 811. The molecule has 28 heavy (non-hydrogen) atoms. The molecule has 0 bridgehead atoms. The third-order valence-electron chi connectivity index (χ3n) is 5.56. The molecule has 148 valence electrons. The van der Waals surface area contributed by atoms with Gasteiger partial charge in [-0.1, -0.05) is 0 Å². The predicted octanol–water partition coefficient (Wildman–Crippen LogP) is 2.24. The SMILES string of the molecule is COc1ccc(N2CCN(C(=O)C3CCCN3C(=O)c3ccco3)CC2)cc1. The summed E-state index contributed by atoms with van der Waals surface area (Å²) >= 11 is 0. The Kier molecular flexibility index (Phi) is 5.23. The Balaban J connectivity index is 1.37. The number of furan rings is 1. The zero-order valence-electron chi connectivity index (χ0n) is 16.0. The van der Waals surface area contributed by atoms with E-state index in [0.29, 0.717) is 31.8 Å². The lowest BCUT2D eigenvalue weighted by molar-refractivity contribution is -0.135. The van der Waals surface area contributed by atoms with Crippen molar-refractivity contribution < 1.29 is 18.7 Å². The maximum Gasteiger partial charge on any atom is 0.290 e. The van der Waals surface area contributed by atoms with E-state index < -0.39 is 0 Å². The van der Waals surface area contributed by atoms with Gasteiger partial charge < -0.3 is 23.9 Å². The third kappa shape index (κ3) is 3.56. The highest BCUT2D eigenvalue weighted by Crippen LogP contribution is 2.24. The van der Waals surface area contributed by atoms with E-state index in [1.165, 1.54) is 6.26 Å². The largest absolute Gasteiger partial charge is 0.497 e. The van der Waals surface area contributed by atoms with Gasteiger partial charge in [-0.15, -0.1) is 0 Å². The van der Waals surface area contributed by atoms with Crippen molar-refractivity contribution >= 4 is 17.5 Å². The van der Waals surface area contributed by atoms with Gasteiger partial charge in [0.1, 0.15) is 11.8 Å². The first kappa shape index (κ1) is 18.4. The molecular weight excluding hydrogens is 358 g/mol. The van der Waals surface area contributed by atoms with Crippen molar-refractivity contribution in [2.45, 2.75) is 18.9 Å². The number of piperazine rings is 1. The summed E-state index contributed by atoms with van der Waals surface area (Å²) in [6.45, 7) is 3.46. The number of anilines is 1. The first-order valence-corrected chi connectivity index (χ1v) is 9.69.